The molecule has 17 heavy (non-hydrogen) atoms. The molecule has 0 radical (unpaired) electrons. The molecule has 1 atom stereocenters. The molecule has 4 nitrogen and oxygen atoms in total. The molecule has 1 unspecified atom stereocenters. The second kappa shape index (κ2) is 5.36. The average molecular weight is 237 g/mol. The summed E-state index contributed by atoms with van der Waals surface area (Å²) in [6.45, 7) is 2.84. The van der Waals surface area contributed by atoms with Crippen LogP contribution in [0.4, 0.5) is 0 Å². The Labute approximate surface area is 101 Å². The van der Waals surface area contributed by atoms with E-state index in [0.717, 1.165) is 11.7 Å². The lowest BCUT2D eigenvalue weighted by Gasteiger charge is -2.11. The molecule has 1 aliphatic carbocycles. The first-order valence-corrected chi connectivity index (χ1v) is 6.08. The standard InChI is InChI=1S/C13H19NO3/c1-9(5-10-3-4-10)14-7-12-6-11(8-17-12)13(15)16-2/h6,8-10,14H,3-5,7H2,1-2H3. The molecule has 1 aliphatic rings. The highest BCUT2D eigenvalue weighted by Gasteiger charge is 2.23. The van der Waals surface area contributed by atoms with Crippen LogP contribution in [0.15, 0.2) is 16.7 Å². The van der Waals surface area contributed by atoms with E-state index in [1.807, 2.05) is 0 Å². The van der Waals surface area contributed by atoms with Gasteiger partial charge in [-0.05, 0) is 25.3 Å². The topological polar surface area (TPSA) is 51.5 Å². The normalized spacial score (nSPS) is 16.8. The van der Waals surface area contributed by atoms with E-state index < -0.39 is 0 Å². The summed E-state index contributed by atoms with van der Waals surface area (Å²) >= 11 is 0. The third kappa shape index (κ3) is 3.60. The third-order valence-corrected chi connectivity index (χ3v) is 3.08. The fraction of sp³-hybridized carbons (Fsp3) is 0.615. The molecule has 2 rings (SSSR count). The summed E-state index contributed by atoms with van der Waals surface area (Å²) in [6.07, 6.45) is 5.41. The molecule has 1 fully saturated rings. The molecule has 1 saturated carbocycles. The number of nitrogens with one attached hydrogen (secondary N) is 1. The van der Waals surface area contributed by atoms with Crippen LogP contribution in [0.5, 0.6) is 0 Å². The Morgan fingerprint density at radius 1 is 1.65 bits per heavy atom. The summed E-state index contributed by atoms with van der Waals surface area (Å²) in [6, 6.07) is 2.22. The van der Waals surface area contributed by atoms with Crippen LogP contribution in [0, 0.1) is 5.92 Å². The molecule has 94 valence electrons. The molecule has 0 bridgehead atoms. The van der Waals surface area contributed by atoms with Crippen molar-refractivity contribution in [3.8, 4) is 0 Å². The largest absolute Gasteiger partial charge is 0.467 e. The molecule has 1 aromatic rings. The number of hydrogen-bond acceptors (Lipinski definition) is 4. The maximum absolute atomic E-state index is 11.2. The van der Waals surface area contributed by atoms with Crippen molar-refractivity contribution >= 4 is 5.97 Å². The zero-order valence-corrected chi connectivity index (χ0v) is 10.4. The van der Waals surface area contributed by atoms with E-state index in [0.29, 0.717) is 18.2 Å². The molecule has 1 N–H and O–H groups in total. The zero-order chi connectivity index (χ0) is 12.3. The summed E-state index contributed by atoms with van der Waals surface area (Å²) < 4.78 is 9.91. The summed E-state index contributed by atoms with van der Waals surface area (Å²) in [7, 11) is 1.37. The van der Waals surface area contributed by atoms with Crippen LogP contribution in [0.2, 0.25) is 0 Å². The molecule has 1 aromatic heterocycles. The molecular formula is C13H19NO3. The fourth-order valence-corrected chi connectivity index (χ4v) is 1.91. The van der Waals surface area contributed by atoms with Gasteiger partial charge in [0.25, 0.3) is 0 Å². The van der Waals surface area contributed by atoms with Crippen molar-refractivity contribution in [1.29, 1.82) is 0 Å². The molecule has 0 amide bonds. The fourth-order valence-electron chi connectivity index (χ4n) is 1.91. The second-order valence-electron chi connectivity index (χ2n) is 4.75. The maximum atomic E-state index is 11.2. The number of rotatable bonds is 6. The van der Waals surface area contributed by atoms with Crippen molar-refractivity contribution in [2.24, 2.45) is 5.92 Å². The zero-order valence-electron chi connectivity index (χ0n) is 10.4. The molecule has 0 aromatic carbocycles. The van der Waals surface area contributed by atoms with E-state index >= 15 is 0 Å². The number of carbonyl (C=O) groups is 1. The Hall–Kier alpha value is -1.29. The van der Waals surface area contributed by atoms with E-state index in [2.05, 4.69) is 17.0 Å². The van der Waals surface area contributed by atoms with Crippen LogP contribution in [-0.2, 0) is 11.3 Å². The lowest BCUT2D eigenvalue weighted by molar-refractivity contribution is 0.0600. The van der Waals surface area contributed by atoms with Gasteiger partial charge in [0.05, 0.1) is 19.2 Å². The number of ether oxygens (including phenoxy) is 1. The highest BCUT2D eigenvalue weighted by molar-refractivity contribution is 5.88. The quantitative estimate of drug-likeness (QED) is 0.772. The Bertz CT molecular complexity index is 382. The van der Waals surface area contributed by atoms with Crippen molar-refractivity contribution in [2.75, 3.05) is 7.11 Å². The SMILES string of the molecule is COC(=O)c1coc(CNC(C)CC2CC2)c1. The average Bonchev–Trinajstić information content (AvgIpc) is 3.00. The molecule has 0 saturated heterocycles. The summed E-state index contributed by atoms with van der Waals surface area (Å²) in [4.78, 5) is 11.2. The van der Waals surface area contributed by atoms with E-state index in [1.54, 1.807) is 6.07 Å². The first kappa shape index (κ1) is 12.2. The molecule has 0 spiro atoms. The van der Waals surface area contributed by atoms with Crippen molar-refractivity contribution in [2.45, 2.75) is 38.8 Å². The Balaban J connectivity index is 1.77. The van der Waals surface area contributed by atoms with Gasteiger partial charge < -0.3 is 14.5 Å². The smallest absolute Gasteiger partial charge is 0.341 e. The maximum Gasteiger partial charge on any atom is 0.341 e. The van der Waals surface area contributed by atoms with Crippen LogP contribution in [0.1, 0.15) is 42.3 Å². The van der Waals surface area contributed by atoms with Gasteiger partial charge in [0, 0.05) is 6.04 Å². The van der Waals surface area contributed by atoms with Crippen LogP contribution < -0.4 is 5.32 Å². The summed E-state index contributed by atoms with van der Waals surface area (Å²) in [5.41, 5.74) is 0.471. The van der Waals surface area contributed by atoms with E-state index in [1.165, 1.54) is 32.6 Å². The van der Waals surface area contributed by atoms with Crippen molar-refractivity contribution in [1.82, 2.24) is 5.32 Å². The minimum absolute atomic E-state index is 0.356. The van der Waals surface area contributed by atoms with Gasteiger partial charge in [-0.1, -0.05) is 12.8 Å². The van der Waals surface area contributed by atoms with Gasteiger partial charge >= 0.3 is 5.97 Å². The van der Waals surface area contributed by atoms with Crippen LogP contribution in [0.25, 0.3) is 0 Å². The second-order valence-corrected chi connectivity index (χ2v) is 4.75. The Kier molecular flexibility index (Phi) is 3.84. The Morgan fingerprint density at radius 3 is 3.06 bits per heavy atom. The lowest BCUT2D eigenvalue weighted by Crippen LogP contribution is -2.25. The van der Waals surface area contributed by atoms with Gasteiger partial charge in [-0.3, -0.25) is 0 Å². The first-order valence-electron chi connectivity index (χ1n) is 6.08. The van der Waals surface area contributed by atoms with E-state index in [-0.39, 0.29) is 5.97 Å². The minimum atomic E-state index is -0.356. The molecule has 1 heterocycles. The highest BCUT2D eigenvalue weighted by Crippen LogP contribution is 2.33. The van der Waals surface area contributed by atoms with Gasteiger partial charge in [-0.2, -0.15) is 0 Å². The van der Waals surface area contributed by atoms with Gasteiger partial charge in [0.15, 0.2) is 0 Å². The number of esters is 1. The summed E-state index contributed by atoms with van der Waals surface area (Å²) in [5, 5.41) is 3.39. The minimum Gasteiger partial charge on any atom is -0.467 e. The molecule has 0 aliphatic heterocycles. The van der Waals surface area contributed by atoms with Crippen molar-refractivity contribution in [3.63, 3.8) is 0 Å². The third-order valence-electron chi connectivity index (χ3n) is 3.08. The summed E-state index contributed by atoms with van der Waals surface area (Å²) in [5.74, 6) is 1.33. The van der Waals surface area contributed by atoms with Gasteiger partial charge in [0.2, 0.25) is 0 Å². The lowest BCUT2D eigenvalue weighted by atomic mass is 10.1. The van der Waals surface area contributed by atoms with Gasteiger partial charge in [-0.15, -0.1) is 0 Å². The highest BCUT2D eigenvalue weighted by atomic mass is 16.5. The van der Waals surface area contributed by atoms with Crippen LogP contribution in [0.3, 0.4) is 0 Å². The van der Waals surface area contributed by atoms with E-state index in [9.17, 15) is 4.79 Å². The number of methoxy groups -OCH3 is 1. The van der Waals surface area contributed by atoms with Crippen molar-refractivity contribution < 1.29 is 13.9 Å². The number of hydrogen-bond donors (Lipinski definition) is 1. The first-order chi connectivity index (χ1) is 8.19. The van der Waals surface area contributed by atoms with Gasteiger partial charge in [0.1, 0.15) is 12.0 Å². The number of carbonyl (C=O) groups excluding carboxylic acids is 1. The number of furan rings is 1. The van der Waals surface area contributed by atoms with Crippen molar-refractivity contribution in [3.05, 3.63) is 23.7 Å². The predicted octanol–water partition coefficient (Wildman–Crippen LogP) is 2.34. The Morgan fingerprint density at radius 2 is 2.41 bits per heavy atom. The van der Waals surface area contributed by atoms with Crippen LogP contribution in [-0.4, -0.2) is 19.1 Å². The van der Waals surface area contributed by atoms with Gasteiger partial charge in [-0.25, -0.2) is 4.79 Å². The monoisotopic (exact) mass is 237 g/mol. The molecular weight excluding hydrogens is 218 g/mol. The molecule has 4 heteroatoms. The van der Waals surface area contributed by atoms with Crippen LogP contribution >= 0.6 is 0 Å². The van der Waals surface area contributed by atoms with E-state index in [4.69, 9.17) is 4.42 Å². The predicted molar refractivity (Wildman–Crippen MR) is 63.7 cm³/mol.